The Kier molecular flexibility index (Phi) is 4.10. The largest absolute Gasteiger partial charge is 0.423 e. The molecule has 1 aliphatic carbocycles. The van der Waals surface area contributed by atoms with Gasteiger partial charge in [0, 0.05) is 32.8 Å². The van der Waals surface area contributed by atoms with E-state index >= 15 is 0 Å². The van der Waals surface area contributed by atoms with Gasteiger partial charge in [-0.3, -0.25) is 9.88 Å². The number of aromatic nitrogens is 3. The minimum Gasteiger partial charge on any atom is -0.423 e. The molecule has 0 spiro atoms. The van der Waals surface area contributed by atoms with E-state index < -0.39 is 0 Å². The van der Waals surface area contributed by atoms with Crippen molar-refractivity contribution < 1.29 is 9.15 Å². The van der Waals surface area contributed by atoms with Crippen molar-refractivity contribution in [2.24, 2.45) is 0 Å². The molecule has 0 radical (unpaired) electrons. The molecule has 1 unspecified atom stereocenters. The zero-order valence-electron chi connectivity index (χ0n) is 13.5. The number of hydrogen-bond donors (Lipinski definition) is 0. The van der Waals surface area contributed by atoms with Gasteiger partial charge in [-0.2, -0.15) is 0 Å². The molecular formula is C17H22N4O2. The molecule has 1 fully saturated rings. The zero-order chi connectivity index (χ0) is 15.6. The second-order valence-corrected chi connectivity index (χ2v) is 6.36. The predicted octanol–water partition coefficient (Wildman–Crippen LogP) is 2.23. The summed E-state index contributed by atoms with van der Waals surface area (Å²) in [7, 11) is 0. The summed E-state index contributed by atoms with van der Waals surface area (Å²) in [5, 5.41) is 8.00. The van der Waals surface area contributed by atoms with E-state index in [4.69, 9.17) is 9.15 Å². The predicted molar refractivity (Wildman–Crippen MR) is 83.9 cm³/mol. The molecule has 6 nitrogen and oxygen atoms in total. The molecule has 6 heteroatoms. The van der Waals surface area contributed by atoms with Gasteiger partial charge in [-0.05, 0) is 42.9 Å². The summed E-state index contributed by atoms with van der Waals surface area (Å²) in [6.45, 7) is 5.04. The van der Waals surface area contributed by atoms with Gasteiger partial charge in [0.15, 0.2) is 0 Å². The average molecular weight is 314 g/mol. The van der Waals surface area contributed by atoms with E-state index in [1.54, 1.807) is 6.92 Å². The second kappa shape index (κ2) is 6.37. The fourth-order valence-corrected chi connectivity index (χ4v) is 3.52. The summed E-state index contributed by atoms with van der Waals surface area (Å²) in [6.07, 6.45) is 6.75. The summed E-state index contributed by atoms with van der Waals surface area (Å²) in [4.78, 5) is 7.03. The SMILES string of the molecule is Cc1nnc(C2CN(Cc3nccc4c3CCCC4)CCO2)o1. The number of hydrogen-bond acceptors (Lipinski definition) is 6. The van der Waals surface area contributed by atoms with Gasteiger partial charge < -0.3 is 9.15 Å². The molecule has 0 bridgehead atoms. The number of nitrogens with zero attached hydrogens (tertiary/aromatic N) is 4. The van der Waals surface area contributed by atoms with Crippen LogP contribution in [0, 0.1) is 6.92 Å². The van der Waals surface area contributed by atoms with Crippen molar-refractivity contribution in [2.75, 3.05) is 19.7 Å². The molecule has 0 N–H and O–H groups in total. The molecular weight excluding hydrogens is 292 g/mol. The highest BCUT2D eigenvalue weighted by molar-refractivity contribution is 5.32. The Hall–Kier alpha value is -1.79. The maximum absolute atomic E-state index is 5.80. The Bertz CT molecular complexity index is 685. The number of ether oxygens (including phenoxy) is 1. The van der Waals surface area contributed by atoms with Crippen LogP contribution in [0.2, 0.25) is 0 Å². The third-order valence-electron chi connectivity index (χ3n) is 4.71. The van der Waals surface area contributed by atoms with E-state index in [2.05, 4.69) is 26.1 Å². The number of morpholine rings is 1. The van der Waals surface area contributed by atoms with E-state index in [0.29, 0.717) is 18.4 Å². The first-order chi connectivity index (χ1) is 11.3. The lowest BCUT2D eigenvalue weighted by Crippen LogP contribution is -2.38. The maximum Gasteiger partial charge on any atom is 0.246 e. The maximum atomic E-state index is 5.80. The van der Waals surface area contributed by atoms with Crippen molar-refractivity contribution in [2.45, 2.75) is 45.3 Å². The van der Waals surface area contributed by atoms with Crippen molar-refractivity contribution in [3.8, 4) is 0 Å². The molecule has 1 aliphatic heterocycles. The van der Waals surface area contributed by atoms with Crippen LogP contribution in [-0.2, 0) is 24.1 Å². The molecule has 1 saturated heterocycles. The Morgan fingerprint density at radius 1 is 1.26 bits per heavy atom. The van der Waals surface area contributed by atoms with Crippen LogP contribution in [0.1, 0.15) is 47.5 Å². The van der Waals surface area contributed by atoms with Gasteiger partial charge in [-0.15, -0.1) is 10.2 Å². The lowest BCUT2D eigenvalue weighted by atomic mass is 9.91. The van der Waals surface area contributed by atoms with Crippen LogP contribution >= 0.6 is 0 Å². The summed E-state index contributed by atoms with van der Waals surface area (Å²) < 4.78 is 11.3. The van der Waals surface area contributed by atoms with Crippen LogP contribution in [0.4, 0.5) is 0 Å². The van der Waals surface area contributed by atoms with Crippen molar-refractivity contribution in [1.29, 1.82) is 0 Å². The number of pyridine rings is 1. The van der Waals surface area contributed by atoms with E-state index in [1.807, 2.05) is 6.20 Å². The summed E-state index contributed by atoms with van der Waals surface area (Å²) in [6, 6.07) is 2.18. The fourth-order valence-electron chi connectivity index (χ4n) is 3.52. The monoisotopic (exact) mass is 314 g/mol. The van der Waals surface area contributed by atoms with Crippen molar-refractivity contribution in [1.82, 2.24) is 20.1 Å². The van der Waals surface area contributed by atoms with Crippen molar-refractivity contribution in [3.05, 3.63) is 40.9 Å². The van der Waals surface area contributed by atoms with Gasteiger partial charge in [0.05, 0.1) is 12.3 Å². The van der Waals surface area contributed by atoms with Crippen LogP contribution in [0.15, 0.2) is 16.7 Å². The fraction of sp³-hybridized carbons (Fsp3) is 0.588. The Balaban J connectivity index is 1.48. The Labute approximate surface area is 135 Å². The van der Waals surface area contributed by atoms with E-state index in [9.17, 15) is 0 Å². The molecule has 0 aromatic carbocycles. The molecule has 122 valence electrons. The molecule has 3 heterocycles. The first-order valence-corrected chi connectivity index (χ1v) is 8.39. The average Bonchev–Trinajstić information content (AvgIpc) is 3.02. The highest BCUT2D eigenvalue weighted by Crippen LogP contribution is 2.26. The Morgan fingerprint density at radius 2 is 2.17 bits per heavy atom. The molecule has 1 atom stereocenters. The van der Waals surface area contributed by atoms with Crippen molar-refractivity contribution >= 4 is 0 Å². The van der Waals surface area contributed by atoms with Gasteiger partial charge in [0.1, 0.15) is 6.10 Å². The van der Waals surface area contributed by atoms with Gasteiger partial charge in [0.2, 0.25) is 11.8 Å². The lowest BCUT2D eigenvalue weighted by molar-refractivity contribution is -0.0461. The van der Waals surface area contributed by atoms with E-state index in [1.165, 1.54) is 36.1 Å². The number of fused-ring (bicyclic) bond motifs is 1. The molecule has 4 rings (SSSR count). The number of aryl methyl sites for hydroxylation is 2. The molecule has 2 aromatic rings. The van der Waals surface area contributed by atoms with E-state index in [-0.39, 0.29) is 6.10 Å². The second-order valence-electron chi connectivity index (χ2n) is 6.36. The van der Waals surface area contributed by atoms with Crippen LogP contribution in [0.3, 0.4) is 0 Å². The highest BCUT2D eigenvalue weighted by Gasteiger charge is 2.27. The zero-order valence-corrected chi connectivity index (χ0v) is 13.5. The summed E-state index contributed by atoms with van der Waals surface area (Å²) in [5.74, 6) is 1.16. The van der Waals surface area contributed by atoms with Gasteiger partial charge in [0.25, 0.3) is 0 Å². The normalized spacial score (nSPS) is 22.0. The molecule has 2 aliphatic rings. The quantitative estimate of drug-likeness (QED) is 0.865. The first-order valence-electron chi connectivity index (χ1n) is 8.39. The molecule has 23 heavy (non-hydrogen) atoms. The summed E-state index contributed by atoms with van der Waals surface area (Å²) >= 11 is 0. The van der Waals surface area contributed by atoms with E-state index in [0.717, 1.165) is 26.1 Å². The van der Waals surface area contributed by atoms with Gasteiger partial charge in [-0.25, -0.2) is 0 Å². The van der Waals surface area contributed by atoms with Crippen LogP contribution < -0.4 is 0 Å². The van der Waals surface area contributed by atoms with Crippen LogP contribution in [0.5, 0.6) is 0 Å². The minimum absolute atomic E-state index is 0.135. The number of rotatable bonds is 3. The summed E-state index contributed by atoms with van der Waals surface area (Å²) in [5.41, 5.74) is 4.18. The highest BCUT2D eigenvalue weighted by atomic mass is 16.5. The Morgan fingerprint density at radius 3 is 3.04 bits per heavy atom. The third-order valence-corrected chi connectivity index (χ3v) is 4.71. The third kappa shape index (κ3) is 3.14. The van der Waals surface area contributed by atoms with Gasteiger partial charge in [-0.1, -0.05) is 0 Å². The molecule has 2 aromatic heterocycles. The topological polar surface area (TPSA) is 64.3 Å². The molecule has 0 saturated carbocycles. The lowest BCUT2D eigenvalue weighted by Gasteiger charge is -2.31. The van der Waals surface area contributed by atoms with Crippen molar-refractivity contribution in [3.63, 3.8) is 0 Å². The minimum atomic E-state index is -0.135. The standard InChI is InChI=1S/C17H22N4O2/c1-12-19-20-17(23-12)16-11-21(8-9-22-16)10-15-14-5-3-2-4-13(14)6-7-18-15/h6-7,16H,2-5,8-11H2,1H3. The van der Waals surface area contributed by atoms with Crippen LogP contribution in [0.25, 0.3) is 0 Å². The first kappa shape index (κ1) is 14.8. The van der Waals surface area contributed by atoms with Crippen LogP contribution in [-0.4, -0.2) is 39.8 Å². The van der Waals surface area contributed by atoms with Gasteiger partial charge >= 0.3 is 0 Å². The molecule has 0 amide bonds. The smallest absolute Gasteiger partial charge is 0.246 e.